The second-order valence-electron chi connectivity index (χ2n) is 4.67. The number of nitrogens with one attached hydrogen (secondary N) is 1. The summed E-state index contributed by atoms with van der Waals surface area (Å²) in [4.78, 5) is 22.7. The van der Waals surface area contributed by atoms with Crippen LogP contribution in [-0.2, 0) is 16.1 Å². The number of hydrogen-bond acceptors (Lipinski definition) is 4. The van der Waals surface area contributed by atoms with Crippen molar-refractivity contribution in [1.82, 2.24) is 15.1 Å². The van der Waals surface area contributed by atoms with Crippen LogP contribution in [0.3, 0.4) is 0 Å². The molecule has 7 heteroatoms. The highest BCUT2D eigenvalue weighted by molar-refractivity contribution is 5.94. The number of methoxy groups -OCH3 is 1. The van der Waals surface area contributed by atoms with E-state index in [1.807, 2.05) is 24.4 Å². The molecule has 116 valence electrons. The fraction of sp³-hybridized carbons (Fsp3) is 0.267. The molecule has 0 aliphatic heterocycles. The van der Waals surface area contributed by atoms with E-state index < -0.39 is 12.1 Å². The molecule has 7 nitrogen and oxygen atoms in total. The minimum Gasteiger partial charge on any atom is -0.479 e. The number of hydrogen-bond donors (Lipinski definition) is 2. The topological polar surface area (TPSA) is 93.5 Å². The molecule has 0 spiro atoms. The van der Waals surface area contributed by atoms with E-state index in [9.17, 15) is 9.59 Å². The van der Waals surface area contributed by atoms with E-state index in [4.69, 9.17) is 9.84 Å². The van der Waals surface area contributed by atoms with Crippen LogP contribution >= 0.6 is 0 Å². The zero-order chi connectivity index (χ0) is 15.9. The standard InChI is InChI=1S/C15H17N3O4/c1-22-13(15(20)21)9-16-14(19)12-5-3-11(4-6-12)10-18-8-2-7-17-18/h2-8,13H,9-10H2,1H3,(H,16,19)(H,20,21). The quantitative estimate of drug-likeness (QED) is 0.787. The van der Waals surface area contributed by atoms with Gasteiger partial charge in [-0.1, -0.05) is 12.1 Å². The molecule has 22 heavy (non-hydrogen) atoms. The third kappa shape index (κ3) is 4.16. The SMILES string of the molecule is COC(CNC(=O)c1ccc(Cn2cccn2)cc1)C(=O)O. The molecule has 0 aliphatic carbocycles. The molecular formula is C15H17N3O4. The van der Waals surface area contributed by atoms with Gasteiger partial charge in [0.05, 0.1) is 13.1 Å². The lowest BCUT2D eigenvalue weighted by molar-refractivity contribution is -0.148. The van der Waals surface area contributed by atoms with Gasteiger partial charge in [0.15, 0.2) is 6.10 Å². The van der Waals surface area contributed by atoms with E-state index in [2.05, 4.69) is 10.4 Å². The Balaban J connectivity index is 1.92. The highest BCUT2D eigenvalue weighted by Crippen LogP contribution is 2.06. The maximum absolute atomic E-state index is 11.9. The van der Waals surface area contributed by atoms with Gasteiger partial charge >= 0.3 is 5.97 Å². The second-order valence-corrected chi connectivity index (χ2v) is 4.67. The number of carboxylic acids is 1. The Morgan fingerprint density at radius 2 is 2.09 bits per heavy atom. The lowest BCUT2D eigenvalue weighted by Gasteiger charge is -2.11. The molecule has 0 saturated carbocycles. The van der Waals surface area contributed by atoms with Gasteiger partial charge in [0, 0.05) is 25.1 Å². The smallest absolute Gasteiger partial charge is 0.334 e. The second kappa shape index (κ2) is 7.37. The highest BCUT2D eigenvalue weighted by atomic mass is 16.5. The molecule has 2 aromatic rings. The van der Waals surface area contributed by atoms with E-state index >= 15 is 0 Å². The molecule has 0 saturated heterocycles. The summed E-state index contributed by atoms with van der Waals surface area (Å²) in [6.07, 6.45) is 2.51. The van der Waals surface area contributed by atoms with Gasteiger partial charge in [-0.3, -0.25) is 9.48 Å². The highest BCUT2D eigenvalue weighted by Gasteiger charge is 2.17. The van der Waals surface area contributed by atoms with E-state index in [1.54, 1.807) is 23.0 Å². The first kappa shape index (κ1) is 15.7. The number of nitrogens with zero attached hydrogens (tertiary/aromatic N) is 2. The zero-order valence-corrected chi connectivity index (χ0v) is 12.1. The van der Waals surface area contributed by atoms with Crippen LogP contribution in [0.25, 0.3) is 0 Å². The summed E-state index contributed by atoms with van der Waals surface area (Å²) >= 11 is 0. The Labute approximate surface area is 127 Å². The molecule has 1 aromatic carbocycles. The van der Waals surface area contributed by atoms with Gasteiger partial charge in [0.25, 0.3) is 5.91 Å². The summed E-state index contributed by atoms with van der Waals surface area (Å²) < 4.78 is 6.53. The summed E-state index contributed by atoms with van der Waals surface area (Å²) in [7, 11) is 1.29. The van der Waals surface area contributed by atoms with Crippen LogP contribution < -0.4 is 5.32 Å². The van der Waals surface area contributed by atoms with Crippen LogP contribution in [0.2, 0.25) is 0 Å². The first-order chi connectivity index (χ1) is 10.6. The minimum atomic E-state index is -1.11. The molecule has 0 bridgehead atoms. The lowest BCUT2D eigenvalue weighted by Crippen LogP contribution is -2.37. The number of aliphatic carboxylic acids is 1. The number of amides is 1. The Morgan fingerprint density at radius 3 is 2.64 bits per heavy atom. The van der Waals surface area contributed by atoms with Crippen LogP contribution in [0.5, 0.6) is 0 Å². The van der Waals surface area contributed by atoms with Crippen molar-refractivity contribution in [2.24, 2.45) is 0 Å². The van der Waals surface area contributed by atoms with Crippen LogP contribution in [0.1, 0.15) is 15.9 Å². The summed E-state index contributed by atoms with van der Waals surface area (Å²) in [5, 5.41) is 15.5. The van der Waals surface area contributed by atoms with Crippen molar-refractivity contribution in [2.45, 2.75) is 12.6 Å². The van der Waals surface area contributed by atoms with Crippen LogP contribution in [0.15, 0.2) is 42.7 Å². The Hall–Kier alpha value is -2.67. The molecule has 1 amide bonds. The molecule has 2 N–H and O–H groups in total. The average Bonchev–Trinajstić information content (AvgIpc) is 3.01. The number of ether oxygens (including phenoxy) is 1. The summed E-state index contributed by atoms with van der Waals surface area (Å²) in [5.41, 5.74) is 1.48. The van der Waals surface area contributed by atoms with Gasteiger partial charge in [-0.2, -0.15) is 5.10 Å². The molecule has 1 heterocycles. The molecule has 1 atom stereocenters. The molecule has 1 aromatic heterocycles. The van der Waals surface area contributed by atoms with E-state index in [0.29, 0.717) is 12.1 Å². The first-order valence-corrected chi connectivity index (χ1v) is 6.70. The predicted octanol–water partition coefficient (Wildman–Crippen LogP) is 0.761. The van der Waals surface area contributed by atoms with Gasteiger partial charge in [-0.25, -0.2) is 4.79 Å². The van der Waals surface area contributed by atoms with Crippen LogP contribution in [0, 0.1) is 0 Å². The maximum atomic E-state index is 11.9. The van der Waals surface area contributed by atoms with Crippen molar-refractivity contribution >= 4 is 11.9 Å². The van der Waals surface area contributed by atoms with Gasteiger partial charge in [0.1, 0.15) is 0 Å². The molecule has 0 fully saturated rings. The van der Waals surface area contributed by atoms with Gasteiger partial charge in [0.2, 0.25) is 0 Å². The lowest BCUT2D eigenvalue weighted by atomic mass is 10.1. The van der Waals surface area contributed by atoms with E-state index in [1.165, 1.54) is 7.11 Å². The molecule has 0 radical (unpaired) electrons. The fourth-order valence-electron chi connectivity index (χ4n) is 1.90. The van der Waals surface area contributed by atoms with Gasteiger partial charge in [-0.15, -0.1) is 0 Å². The molecule has 2 rings (SSSR count). The summed E-state index contributed by atoms with van der Waals surface area (Å²) in [6.45, 7) is 0.541. The number of carbonyl (C=O) groups is 2. The molecule has 1 unspecified atom stereocenters. The minimum absolute atomic E-state index is 0.0836. The summed E-state index contributed by atoms with van der Waals surface area (Å²) in [5.74, 6) is -1.45. The number of benzene rings is 1. The van der Waals surface area contributed by atoms with E-state index in [0.717, 1.165) is 5.56 Å². The average molecular weight is 303 g/mol. The summed E-state index contributed by atoms with van der Waals surface area (Å²) in [6, 6.07) is 8.90. The van der Waals surface area contributed by atoms with Crippen molar-refractivity contribution in [1.29, 1.82) is 0 Å². The van der Waals surface area contributed by atoms with Crippen LogP contribution in [0.4, 0.5) is 0 Å². The fourth-order valence-corrected chi connectivity index (χ4v) is 1.90. The van der Waals surface area contributed by atoms with Crippen LogP contribution in [-0.4, -0.2) is 46.5 Å². The number of rotatable bonds is 7. The van der Waals surface area contributed by atoms with Crippen molar-refractivity contribution < 1.29 is 19.4 Å². The first-order valence-electron chi connectivity index (χ1n) is 6.70. The van der Waals surface area contributed by atoms with Crippen molar-refractivity contribution in [2.75, 3.05) is 13.7 Å². The maximum Gasteiger partial charge on any atom is 0.334 e. The number of aromatic nitrogens is 2. The van der Waals surface area contributed by atoms with Gasteiger partial charge < -0.3 is 15.2 Å². The Kier molecular flexibility index (Phi) is 5.26. The Morgan fingerprint density at radius 1 is 1.36 bits per heavy atom. The number of carbonyl (C=O) groups excluding carboxylic acids is 1. The predicted molar refractivity (Wildman–Crippen MR) is 78.5 cm³/mol. The van der Waals surface area contributed by atoms with E-state index in [-0.39, 0.29) is 12.5 Å². The number of carboxylic acid groups (broad SMARTS) is 1. The zero-order valence-electron chi connectivity index (χ0n) is 12.1. The molecule has 0 aliphatic rings. The van der Waals surface area contributed by atoms with Crippen molar-refractivity contribution in [3.8, 4) is 0 Å². The largest absolute Gasteiger partial charge is 0.479 e. The Bertz CT molecular complexity index is 623. The monoisotopic (exact) mass is 303 g/mol. The van der Waals surface area contributed by atoms with Gasteiger partial charge in [-0.05, 0) is 23.8 Å². The third-order valence-electron chi connectivity index (χ3n) is 3.13. The van der Waals surface area contributed by atoms with Crippen molar-refractivity contribution in [3.63, 3.8) is 0 Å². The normalized spacial score (nSPS) is 11.9. The van der Waals surface area contributed by atoms with Crippen molar-refractivity contribution in [3.05, 3.63) is 53.9 Å². The molecular weight excluding hydrogens is 286 g/mol. The third-order valence-corrected chi connectivity index (χ3v) is 3.13.